The number of carbonyl (C=O) groups is 2. The highest BCUT2D eigenvalue weighted by Gasteiger charge is 2.19. The molecule has 0 aromatic heterocycles. The minimum atomic E-state index is -0.224. The Labute approximate surface area is 148 Å². The Morgan fingerprint density at radius 2 is 1.76 bits per heavy atom. The van der Waals surface area contributed by atoms with Gasteiger partial charge in [0.05, 0.1) is 0 Å². The van der Waals surface area contributed by atoms with Gasteiger partial charge < -0.3 is 15.5 Å². The molecular formula is C20H23N3O2. The van der Waals surface area contributed by atoms with Crippen molar-refractivity contribution in [3.05, 3.63) is 60.2 Å². The summed E-state index contributed by atoms with van der Waals surface area (Å²) in [6.45, 7) is 1.35. The predicted octanol–water partition coefficient (Wildman–Crippen LogP) is 3.57. The van der Waals surface area contributed by atoms with Gasteiger partial charge in [-0.1, -0.05) is 30.3 Å². The maximum atomic E-state index is 12.0. The average Bonchev–Trinajstić information content (AvgIpc) is 2.64. The van der Waals surface area contributed by atoms with Crippen LogP contribution in [0.2, 0.25) is 0 Å². The van der Waals surface area contributed by atoms with Gasteiger partial charge in [-0.25, -0.2) is 4.79 Å². The second-order valence-electron chi connectivity index (χ2n) is 6.17. The lowest BCUT2D eigenvalue weighted by Crippen LogP contribution is -2.35. The normalized spacial score (nSPS) is 14.2. The molecule has 3 rings (SSSR count). The van der Waals surface area contributed by atoms with E-state index in [1.165, 1.54) is 5.56 Å². The first kappa shape index (κ1) is 17.0. The quantitative estimate of drug-likeness (QED) is 0.876. The van der Waals surface area contributed by atoms with E-state index in [4.69, 9.17) is 0 Å². The first-order valence-electron chi connectivity index (χ1n) is 8.71. The van der Waals surface area contributed by atoms with Crippen LogP contribution in [-0.4, -0.2) is 25.0 Å². The van der Waals surface area contributed by atoms with E-state index in [0.717, 1.165) is 31.5 Å². The minimum Gasteiger partial charge on any atom is -0.338 e. The molecule has 0 spiro atoms. The highest BCUT2D eigenvalue weighted by molar-refractivity contribution is 5.94. The van der Waals surface area contributed by atoms with Gasteiger partial charge in [0, 0.05) is 30.9 Å². The number of anilines is 2. The van der Waals surface area contributed by atoms with Crippen LogP contribution in [0.5, 0.6) is 0 Å². The van der Waals surface area contributed by atoms with Gasteiger partial charge in [-0.15, -0.1) is 0 Å². The molecule has 1 saturated heterocycles. The number of piperidine rings is 1. The Hall–Kier alpha value is -2.82. The van der Waals surface area contributed by atoms with Crippen LogP contribution < -0.4 is 15.5 Å². The van der Waals surface area contributed by atoms with Gasteiger partial charge in [-0.2, -0.15) is 0 Å². The van der Waals surface area contributed by atoms with Gasteiger partial charge in [-0.05, 0) is 49.1 Å². The number of hydrogen-bond donors (Lipinski definition) is 2. The molecule has 1 aliphatic rings. The molecule has 5 nitrogen and oxygen atoms in total. The number of amides is 3. The van der Waals surface area contributed by atoms with Crippen LogP contribution in [-0.2, 0) is 11.2 Å². The zero-order valence-corrected chi connectivity index (χ0v) is 14.2. The topological polar surface area (TPSA) is 61.4 Å². The third-order valence-corrected chi connectivity index (χ3v) is 4.30. The van der Waals surface area contributed by atoms with Gasteiger partial charge in [0.2, 0.25) is 5.91 Å². The van der Waals surface area contributed by atoms with Gasteiger partial charge in [0.1, 0.15) is 0 Å². The van der Waals surface area contributed by atoms with Crippen LogP contribution in [0, 0.1) is 0 Å². The molecule has 2 aromatic rings. The van der Waals surface area contributed by atoms with Gasteiger partial charge in [-0.3, -0.25) is 4.79 Å². The zero-order valence-electron chi connectivity index (χ0n) is 14.2. The summed E-state index contributed by atoms with van der Waals surface area (Å²) >= 11 is 0. The second kappa shape index (κ2) is 8.33. The summed E-state index contributed by atoms with van der Waals surface area (Å²) in [6.07, 6.45) is 3.42. The average molecular weight is 337 g/mol. The summed E-state index contributed by atoms with van der Waals surface area (Å²) in [5.41, 5.74) is 2.79. The molecule has 0 unspecified atom stereocenters. The van der Waals surface area contributed by atoms with Crippen LogP contribution in [0.4, 0.5) is 16.2 Å². The van der Waals surface area contributed by atoms with E-state index in [2.05, 4.69) is 10.6 Å². The molecule has 2 aromatic carbocycles. The fourth-order valence-corrected chi connectivity index (χ4v) is 2.94. The highest BCUT2D eigenvalue weighted by Crippen LogP contribution is 2.22. The van der Waals surface area contributed by atoms with E-state index in [1.807, 2.05) is 59.5 Å². The van der Waals surface area contributed by atoms with Gasteiger partial charge >= 0.3 is 6.03 Å². The van der Waals surface area contributed by atoms with E-state index in [0.29, 0.717) is 18.7 Å². The molecule has 2 N–H and O–H groups in total. The predicted molar refractivity (Wildman–Crippen MR) is 99.8 cm³/mol. The smallest absolute Gasteiger partial charge is 0.319 e. The van der Waals surface area contributed by atoms with Crippen molar-refractivity contribution in [3.63, 3.8) is 0 Å². The standard InChI is InChI=1S/C20H23N3O2/c24-19-8-4-5-15-23(19)18-11-9-17(10-12-18)22-20(25)21-14-13-16-6-2-1-3-7-16/h1-3,6-7,9-12H,4-5,8,13-15H2,(H2,21,22,25). The molecule has 0 radical (unpaired) electrons. The molecule has 0 aliphatic carbocycles. The maximum Gasteiger partial charge on any atom is 0.319 e. The number of carbonyl (C=O) groups excluding carboxylic acids is 2. The molecule has 25 heavy (non-hydrogen) atoms. The number of nitrogens with zero attached hydrogens (tertiary/aromatic N) is 1. The summed E-state index contributed by atoms with van der Waals surface area (Å²) in [5, 5.41) is 5.67. The Kier molecular flexibility index (Phi) is 5.67. The summed E-state index contributed by atoms with van der Waals surface area (Å²) in [4.78, 5) is 25.7. The van der Waals surface area contributed by atoms with Crippen molar-refractivity contribution in [1.29, 1.82) is 0 Å². The molecule has 1 heterocycles. The van der Waals surface area contributed by atoms with Gasteiger partial charge in [0.25, 0.3) is 0 Å². The third-order valence-electron chi connectivity index (χ3n) is 4.30. The third kappa shape index (κ3) is 4.83. The van der Waals surface area contributed by atoms with Crippen LogP contribution >= 0.6 is 0 Å². The highest BCUT2D eigenvalue weighted by atomic mass is 16.2. The minimum absolute atomic E-state index is 0.172. The van der Waals surface area contributed by atoms with Crippen LogP contribution in [0.3, 0.4) is 0 Å². The number of nitrogens with one attached hydrogen (secondary N) is 2. The summed E-state index contributed by atoms with van der Waals surface area (Å²) in [5.74, 6) is 0.172. The fourth-order valence-electron chi connectivity index (χ4n) is 2.94. The van der Waals surface area contributed by atoms with E-state index >= 15 is 0 Å². The lowest BCUT2D eigenvalue weighted by molar-refractivity contribution is -0.119. The van der Waals surface area contributed by atoms with Crippen molar-refractivity contribution in [2.24, 2.45) is 0 Å². The van der Waals surface area contributed by atoms with Crippen LogP contribution in [0.1, 0.15) is 24.8 Å². The first-order valence-corrected chi connectivity index (χ1v) is 8.71. The van der Waals surface area contributed by atoms with E-state index < -0.39 is 0 Å². The van der Waals surface area contributed by atoms with Gasteiger partial charge in [0.15, 0.2) is 0 Å². The van der Waals surface area contributed by atoms with Crippen molar-refractivity contribution < 1.29 is 9.59 Å². The molecule has 130 valence electrons. The monoisotopic (exact) mass is 337 g/mol. The Morgan fingerprint density at radius 1 is 1.00 bits per heavy atom. The van der Waals surface area contributed by atoms with Crippen molar-refractivity contribution in [1.82, 2.24) is 5.32 Å². The molecule has 0 bridgehead atoms. The Morgan fingerprint density at radius 3 is 2.48 bits per heavy atom. The van der Waals surface area contributed by atoms with Crippen molar-refractivity contribution >= 4 is 23.3 Å². The summed E-state index contributed by atoms with van der Waals surface area (Å²) < 4.78 is 0. The van der Waals surface area contributed by atoms with Crippen molar-refractivity contribution in [3.8, 4) is 0 Å². The van der Waals surface area contributed by atoms with E-state index in [1.54, 1.807) is 0 Å². The SMILES string of the molecule is O=C(NCCc1ccccc1)Nc1ccc(N2CCCCC2=O)cc1. The number of rotatable bonds is 5. The molecule has 0 atom stereocenters. The molecule has 3 amide bonds. The number of urea groups is 1. The molecular weight excluding hydrogens is 314 g/mol. The van der Waals surface area contributed by atoms with Crippen LogP contribution in [0.15, 0.2) is 54.6 Å². The number of benzene rings is 2. The summed E-state index contributed by atoms with van der Waals surface area (Å²) in [6, 6.07) is 17.2. The zero-order chi connectivity index (χ0) is 17.5. The molecule has 5 heteroatoms. The Bertz CT molecular complexity index is 713. The van der Waals surface area contributed by atoms with E-state index in [9.17, 15) is 9.59 Å². The lowest BCUT2D eigenvalue weighted by Gasteiger charge is -2.26. The maximum absolute atomic E-state index is 12.0. The fraction of sp³-hybridized carbons (Fsp3) is 0.300. The second-order valence-corrected chi connectivity index (χ2v) is 6.17. The van der Waals surface area contributed by atoms with E-state index in [-0.39, 0.29) is 11.9 Å². The Balaban J connectivity index is 1.47. The largest absolute Gasteiger partial charge is 0.338 e. The van der Waals surface area contributed by atoms with Crippen LogP contribution in [0.25, 0.3) is 0 Å². The van der Waals surface area contributed by atoms with Crippen molar-refractivity contribution in [2.75, 3.05) is 23.3 Å². The number of hydrogen-bond acceptors (Lipinski definition) is 2. The summed E-state index contributed by atoms with van der Waals surface area (Å²) in [7, 11) is 0. The molecule has 1 fully saturated rings. The lowest BCUT2D eigenvalue weighted by atomic mass is 10.1. The molecule has 1 aliphatic heterocycles. The van der Waals surface area contributed by atoms with Crippen molar-refractivity contribution in [2.45, 2.75) is 25.7 Å². The molecule has 0 saturated carbocycles. The first-order chi connectivity index (χ1) is 12.2.